The van der Waals surface area contributed by atoms with Crippen molar-refractivity contribution >= 4 is 11.8 Å². The number of rotatable bonds is 5. The van der Waals surface area contributed by atoms with Gasteiger partial charge in [-0.25, -0.2) is 8.78 Å². The maximum absolute atomic E-state index is 14.0. The van der Waals surface area contributed by atoms with Gasteiger partial charge >= 0.3 is 6.18 Å². The molecule has 1 unspecified atom stereocenters. The molecule has 1 aromatic carbocycles. The Hall–Kier alpha value is -2.49. The minimum Gasteiger partial charge on any atom is -0.293 e. The summed E-state index contributed by atoms with van der Waals surface area (Å²) < 4.78 is 67.5. The molecule has 0 saturated carbocycles. The van der Waals surface area contributed by atoms with Crippen molar-refractivity contribution in [3.8, 4) is 11.4 Å². The number of benzene rings is 1. The molecule has 27 heavy (non-hydrogen) atoms. The van der Waals surface area contributed by atoms with Crippen molar-refractivity contribution in [3.63, 3.8) is 0 Å². The lowest BCUT2D eigenvalue weighted by Gasteiger charge is -2.15. The Bertz CT molecular complexity index is 927. The van der Waals surface area contributed by atoms with Gasteiger partial charge in [-0.3, -0.25) is 9.55 Å². The molecule has 0 aliphatic rings. The molecule has 0 saturated heterocycles. The lowest BCUT2D eigenvalue weighted by atomic mass is 10.1. The van der Waals surface area contributed by atoms with Gasteiger partial charge in [-0.1, -0.05) is 11.8 Å². The highest BCUT2D eigenvalue weighted by atomic mass is 32.2. The fourth-order valence-electron chi connectivity index (χ4n) is 2.46. The summed E-state index contributed by atoms with van der Waals surface area (Å²) >= 11 is 0.869. The highest BCUT2D eigenvalue weighted by molar-refractivity contribution is 7.99. The van der Waals surface area contributed by atoms with E-state index in [1.54, 1.807) is 6.92 Å². The molecule has 2 heterocycles. The summed E-state index contributed by atoms with van der Waals surface area (Å²) in [6.45, 7) is 0.250. The number of halogens is 5. The molecular weight excluding hydrogens is 387 g/mol. The Kier molecular flexibility index (Phi) is 5.45. The van der Waals surface area contributed by atoms with Gasteiger partial charge in [0.25, 0.3) is 0 Å². The third-order valence-corrected chi connectivity index (χ3v) is 4.79. The standard InChI is InChI=1S/C17H13F5N4S/c1-10(13-8-12(18)2-3-14(13)19)27-16-25-24-15(11-4-6-23-7-5-11)26(16)9-17(20,21)22/h2-8,10H,9H2,1H3. The summed E-state index contributed by atoms with van der Waals surface area (Å²) in [7, 11) is 0. The van der Waals surface area contributed by atoms with E-state index in [9.17, 15) is 22.0 Å². The monoisotopic (exact) mass is 400 g/mol. The fraction of sp³-hybridized carbons (Fsp3) is 0.235. The van der Waals surface area contributed by atoms with Crippen LogP contribution in [0.2, 0.25) is 0 Å². The fourth-order valence-corrected chi connectivity index (χ4v) is 3.45. The minimum atomic E-state index is -4.51. The summed E-state index contributed by atoms with van der Waals surface area (Å²) in [5.41, 5.74) is 0.449. The van der Waals surface area contributed by atoms with E-state index in [2.05, 4.69) is 15.2 Å². The van der Waals surface area contributed by atoms with Crippen LogP contribution in [0.5, 0.6) is 0 Å². The molecular formula is C17H13F5N4S. The lowest BCUT2D eigenvalue weighted by Crippen LogP contribution is -2.19. The molecule has 0 N–H and O–H groups in total. The highest BCUT2D eigenvalue weighted by Crippen LogP contribution is 2.37. The van der Waals surface area contributed by atoms with E-state index in [-0.39, 0.29) is 16.5 Å². The van der Waals surface area contributed by atoms with Gasteiger partial charge in [-0.2, -0.15) is 13.2 Å². The number of nitrogens with zero attached hydrogens (tertiary/aromatic N) is 4. The van der Waals surface area contributed by atoms with Crippen LogP contribution in [0, 0.1) is 11.6 Å². The zero-order valence-electron chi connectivity index (χ0n) is 13.9. The highest BCUT2D eigenvalue weighted by Gasteiger charge is 2.32. The third-order valence-electron chi connectivity index (χ3n) is 3.67. The first-order chi connectivity index (χ1) is 12.7. The second-order valence-corrected chi connectivity index (χ2v) is 6.98. The van der Waals surface area contributed by atoms with Gasteiger partial charge in [0, 0.05) is 28.8 Å². The first-order valence-corrected chi connectivity index (χ1v) is 8.64. The molecule has 1 atom stereocenters. The van der Waals surface area contributed by atoms with E-state index in [0.29, 0.717) is 5.56 Å². The van der Waals surface area contributed by atoms with Crippen LogP contribution in [0.15, 0.2) is 47.9 Å². The Labute approximate surface area is 155 Å². The molecule has 0 spiro atoms. The van der Waals surface area contributed by atoms with Crippen molar-refractivity contribution in [1.82, 2.24) is 19.7 Å². The van der Waals surface area contributed by atoms with Crippen molar-refractivity contribution in [1.29, 1.82) is 0 Å². The predicted octanol–water partition coefficient (Wildman–Crippen LogP) is 5.03. The molecule has 0 radical (unpaired) electrons. The van der Waals surface area contributed by atoms with E-state index < -0.39 is 29.6 Å². The smallest absolute Gasteiger partial charge is 0.293 e. The van der Waals surface area contributed by atoms with Crippen LogP contribution in [-0.4, -0.2) is 25.9 Å². The van der Waals surface area contributed by atoms with Crippen molar-refractivity contribution in [3.05, 3.63) is 59.9 Å². The predicted molar refractivity (Wildman–Crippen MR) is 89.9 cm³/mol. The van der Waals surface area contributed by atoms with E-state index in [1.165, 1.54) is 24.5 Å². The largest absolute Gasteiger partial charge is 0.406 e. The van der Waals surface area contributed by atoms with Gasteiger partial charge in [0.05, 0.1) is 0 Å². The van der Waals surface area contributed by atoms with Crippen LogP contribution in [0.25, 0.3) is 11.4 Å². The molecule has 10 heteroatoms. The Balaban J connectivity index is 1.97. The van der Waals surface area contributed by atoms with Gasteiger partial charge in [0.1, 0.15) is 18.2 Å². The van der Waals surface area contributed by atoms with Gasteiger partial charge < -0.3 is 0 Å². The van der Waals surface area contributed by atoms with Crippen molar-refractivity contribution in [2.45, 2.75) is 30.1 Å². The van der Waals surface area contributed by atoms with Gasteiger partial charge in [-0.05, 0) is 37.3 Å². The molecule has 0 bridgehead atoms. The minimum absolute atomic E-state index is 0.0177. The van der Waals surface area contributed by atoms with E-state index in [4.69, 9.17) is 0 Å². The van der Waals surface area contributed by atoms with Gasteiger partial charge in [0.15, 0.2) is 11.0 Å². The van der Waals surface area contributed by atoms with E-state index in [0.717, 1.165) is 34.5 Å². The second-order valence-electron chi connectivity index (χ2n) is 5.67. The van der Waals surface area contributed by atoms with Crippen LogP contribution in [0.1, 0.15) is 17.7 Å². The van der Waals surface area contributed by atoms with Gasteiger partial charge in [-0.15, -0.1) is 10.2 Å². The normalized spacial score (nSPS) is 13.0. The molecule has 4 nitrogen and oxygen atoms in total. The van der Waals surface area contributed by atoms with Crippen molar-refractivity contribution in [2.75, 3.05) is 0 Å². The maximum atomic E-state index is 14.0. The second kappa shape index (κ2) is 7.63. The molecule has 3 rings (SSSR count). The zero-order valence-corrected chi connectivity index (χ0v) is 14.7. The summed E-state index contributed by atoms with van der Waals surface area (Å²) in [5.74, 6) is -1.26. The van der Waals surface area contributed by atoms with Crippen molar-refractivity contribution < 1.29 is 22.0 Å². The summed E-state index contributed by atoms with van der Waals surface area (Å²) in [6, 6.07) is 6.00. The Morgan fingerprint density at radius 2 is 1.78 bits per heavy atom. The number of thioether (sulfide) groups is 1. The lowest BCUT2D eigenvalue weighted by molar-refractivity contribution is -0.141. The maximum Gasteiger partial charge on any atom is 0.406 e. The van der Waals surface area contributed by atoms with Crippen LogP contribution in [0.3, 0.4) is 0 Å². The molecule has 3 aromatic rings. The first kappa shape index (κ1) is 19.3. The topological polar surface area (TPSA) is 43.6 Å². The number of pyridine rings is 1. The average Bonchev–Trinajstić information content (AvgIpc) is 2.98. The van der Waals surface area contributed by atoms with Crippen LogP contribution >= 0.6 is 11.8 Å². The average molecular weight is 400 g/mol. The van der Waals surface area contributed by atoms with Gasteiger partial charge in [0.2, 0.25) is 0 Å². The molecule has 142 valence electrons. The van der Waals surface area contributed by atoms with E-state index >= 15 is 0 Å². The molecule has 0 fully saturated rings. The summed E-state index contributed by atoms with van der Waals surface area (Å²) in [4.78, 5) is 3.83. The first-order valence-electron chi connectivity index (χ1n) is 7.76. The van der Waals surface area contributed by atoms with E-state index in [1.807, 2.05) is 0 Å². The summed E-state index contributed by atoms with van der Waals surface area (Å²) in [5, 5.41) is 6.96. The molecule has 0 aliphatic carbocycles. The SMILES string of the molecule is CC(Sc1nnc(-c2ccncc2)n1CC(F)(F)F)c1cc(F)ccc1F. The molecule has 0 amide bonds. The molecule has 2 aromatic heterocycles. The Morgan fingerprint density at radius 3 is 2.44 bits per heavy atom. The van der Waals surface area contributed by atoms with Crippen molar-refractivity contribution in [2.24, 2.45) is 0 Å². The zero-order chi connectivity index (χ0) is 19.6. The van der Waals surface area contributed by atoms with Crippen LogP contribution in [-0.2, 0) is 6.54 Å². The third kappa shape index (κ3) is 4.62. The quantitative estimate of drug-likeness (QED) is 0.445. The number of hydrogen-bond acceptors (Lipinski definition) is 4. The number of alkyl halides is 3. The van der Waals surface area contributed by atoms with Crippen LogP contribution < -0.4 is 0 Å². The molecule has 0 aliphatic heterocycles. The van der Waals surface area contributed by atoms with Crippen LogP contribution in [0.4, 0.5) is 22.0 Å². The number of hydrogen-bond donors (Lipinski definition) is 0. The Morgan fingerprint density at radius 1 is 1.07 bits per heavy atom. The summed E-state index contributed by atoms with van der Waals surface area (Å²) in [6.07, 6.45) is -1.65. The number of aromatic nitrogens is 4.